The van der Waals surface area contributed by atoms with E-state index in [1.165, 1.54) is 135 Å². The number of aliphatic hydroxyl groups is 1. The van der Waals surface area contributed by atoms with Crippen LogP contribution in [0.5, 0.6) is 0 Å². The Hall–Kier alpha value is -6.34. The fourth-order valence-electron chi connectivity index (χ4n) is 15.1. The molecular formula is C79H93B4O9. The lowest BCUT2D eigenvalue weighted by atomic mass is 9.69. The van der Waals surface area contributed by atoms with Gasteiger partial charge in [-0.1, -0.05) is 245 Å². The SMILES string of the molecule is CC1(C)OB(c2ccc3ccc4cccc5ccc2c3c45)OC1(C)C.CCCCCCC1(CCCCCC)c2cc(CC(C)(C)CO[B]O)ccc2-c2ccc3cc(CC(C)(C)CO)ccc3c21.COB(OC)c1ccc2ccc3c(B(O)O)ccc4ccc1c2c43. The molecule has 0 unspecified atom stereocenters. The number of fused-ring (bicyclic) bond motifs is 5. The van der Waals surface area contributed by atoms with Crippen molar-refractivity contribution in [3.63, 3.8) is 0 Å². The molecule has 4 N–H and O–H groups in total. The van der Waals surface area contributed by atoms with E-state index in [2.05, 4.69) is 178 Å². The predicted octanol–water partition coefficient (Wildman–Crippen LogP) is 15.9. The van der Waals surface area contributed by atoms with Gasteiger partial charge in [-0.25, -0.2) is 0 Å². The van der Waals surface area contributed by atoms with Crippen molar-refractivity contribution < 1.29 is 43.5 Å². The summed E-state index contributed by atoms with van der Waals surface area (Å²) in [4.78, 5) is 0. The Morgan fingerprint density at radius 3 is 1.57 bits per heavy atom. The van der Waals surface area contributed by atoms with Gasteiger partial charge in [-0.05, 0) is 189 Å². The van der Waals surface area contributed by atoms with Crippen LogP contribution in [0.15, 0.2) is 152 Å². The summed E-state index contributed by atoms with van der Waals surface area (Å²) in [7, 11) is 1.77. The number of aliphatic hydroxyl groups excluding tert-OH is 1. The zero-order chi connectivity index (χ0) is 65.3. The van der Waals surface area contributed by atoms with E-state index in [1.807, 2.05) is 36.4 Å². The molecule has 11 aromatic carbocycles. The zero-order valence-corrected chi connectivity index (χ0v) is 56.5. The second-order valence-corrected chi connectivity index (χ2v) is 28.9. The van der Waals surface area contributed by atoms with Gasteiger partial charge in [0.1, 0.15) is 0 Å². The highest BCUT2D eigenvalue weighted by atomic mass is 16.7. The van der Waals surface area contributed by atoms with Gasteiger partial charge in [0, 0.05) is 32.8 Å². The molecule has 13 heteroatoms. The van der Waals surface area contributed by atoms with Crippen molar-refractivity contribution in [1.82, 2.24) is 0 Å². The van der Waals surface area contributed by atoms with Gasteiger partial charge >= 0.3 is 29.0 Å². The van der Waals surface area contributed by atoms with E-state index in [1.54, 1.807) is 25.8 Å². The molecule has 1 heterocycles. The molecule has 11 aromatic rings. The Balaban J connectivity index is 0.000000150. The Bertz CT molecular complexity index is 4320. The Morgan fingerprint density at radius 2 is 0.989 bits per heavy atom. The second-order valence-electron chi connectivity index (χ2n) is 28.9. The Kier molecular flexibility index (Phi) is 20.1. The van der Waals surface area contributed by atoms with Crippen molar-refractivity contribution in [1.29, 1.82) is 0 Å². The minimum Gasteiger partial charge on any atom is -0.429 e. The van der Waals surface area contributed by atoms with Crippen molar-refractivity contribution in [3.05, 3.63) is 174 Å². The summed E-state index contributed by atoms with van der Waals surface area (Å²) in [5.41, 5.74) is 10.3. The Labute approximate surface area is 547 Å². The summed E-state index contributed by atoms with van der Waals surface area (Å²) in [6.45, 7) is 22.4. The second kappa shape index (κ2) is 27.5. The Morgan fingerprint density at radius 1 is 0.511 bits per heavy atom. The molecule has 1 aliphatic carbocycles. The summed E-state index contributed by atoms with van der Waals surface area (Å²) in [5, 5.41) is 55.0. The minimum atomic E-state index is -1.50. The van der Waals surface area contributed by atoms with Gasteiger partial charge in [-0.2, -0.15) is 0 Å². The quantitative estimate of drug-likeness (QED) is 0.0281. The third-order valence-corrected chi connectivity index (χ3v) is 20.5. The van der Waals surface area contributed by atoms with Gasteiger partial charge in [0.15, 0.2) is 0 Å². The van der Waals surface area contributed by atoms with Crippen LogP contribution in [-0.2, 0) is 41.5 Å². The van der Waals surface area contributed by atoms with Crippen molar-refractivity contribution >= 4 is 121 Å². The molecule has 0 amide bonds. The van der Waals surface area contributed by atoms with Crippen LogP contribution < -0.4 is 16.4 Å². The van der Waals surface area contributed by atoms with Crippen molar-refractivity contribution in [2.45, 2.75) is 163 Å². The summed E-state index contributed by atoms with van der Waals surface area (Å²) < 4.78 is 28.8. The van der Waals surface area contributed by atoms with Crippen LogP contribution in [0.1, 0.15) is 156 Å². The van der Waals surface area contributed by atoms with E-state index in [-0.39, 0.29) is 41.2 Å². The summed E-state index contributed by atoms with van der Waals surface area (Å²) in [5.74, 6) is 0. The molecule has 475 valence electrons. The van der Waals surface area contributed by atoms with Crippen LogP contribution in [0.2, 0.25) is 0 Å². The maximum Gasteiger partial charge on any atom is 0.495 e. The molecule has 0 aromatic heterocycles. The van der Waals surface area contributed by atoms with Crippen LogP contribution in [-0.4, -0.2) is 87.9 Å². The van der Waals surface area contributed by atoms with Crippen molar-refractivity contribution in [3.8, 4) is 11.1 Å². The molecule has 1 radical (unpaired) electrons. The average molecular weight is 1230 g/mol. The van der Waals surface area contributed by atoms with Crippen molar-refractivity contribution in [2.24, 2.45) is 10.8 Å². The summed E-state index contributed by atoms with van der Waals surface area (Å²) in [6.07, 6.45) is 14.3. The fourth-order valence-corrected chi connectivity index (χ4v) is 15.1. The first-order chi connectivity index (χ1) is 44.1. The van der Waals surface area contributed by atoms with Crippen LogP contribution >= 0.6 is 0 Å². The van der Waals surface area contributed by atoms with E-state index in [9.17, 15) is 15.2 Å². The van der Waals surface area contributed by atoms with E-state index in [0.29, 0.717) is 12.1 Å². The molecule has 1 saturated heterocycles. The van der Waals surface area contributed by atoms with E-state index in [4.69, 9.17) is 28.3 Å². The summed E-state index contributed by atoms with van der Waals surface area (Å²) in [6, 6.07) is 54.5. The van der Waals surface area contributed by atoms with Crippen LogP contribution in [0.4, 0.5) is 0 Å². The normalized spacial score (nSPS) is 15.0. The number of unbranched alkanes of at least 4 members (excludes halogenated alkanes) is 6. The lowest BCUT2D eigenvalue weighted by molar-refractivity contribution is 0.00578. The molecular weight excluding hydrogens is 1140 g/mol. The number of hydrogen-bond acceptors (Lipinski definition) is 9. The van der Waals surface area contributed by atoms with Gasteiger partial charge in [-0.15, -0.1) is 0 Å². The zero-order valence-electron chi connectivity index (χ0n) is 56.5. The molecule has 0 saturated carbocycles. The standard InChI is InChI=1S/C39H56BO3.C22H21BO2.C18H16B2O4/c1-7-9-11-13-21-39(22-14-12-10-8-2)35-24-30(26-38(5,6)28-43-40-42)16-19-33(35)34-20-17-31-23-29(25-37(3,4)27-41)15-18-32(31)36(34)39;1-21(2)22(3,4)25-23(24-21)18-13-11-16-9-8-14-6-5-7-15-10-12-17(18)20(16)19(14)15;1-23-20(24-2)16-10-6-12-3-7-13-15(19(21)22)9-5-11-4-8-14(16)18(12)17(11)13/h15-20,23-24,41-42H,7-14,21-22,25-28H2,1-6H3;5-13H,1-4H3;3-10,21-22H,1-2H3. The monoisotopic (exact) mass is 1230 g/mol. The molecule has 9 nitrogen and oxygen atoms in total. The highest BCUT2D eigenvalue weighted by Gasteiger charge is 2.52. The lowest BCUT2D eigenvalue weighted by Crippen LogP contribution is -2.41. The molecule has 92 heavy (non-hydrogen) atoms. The molecule has 13 rings (SSSR count). The van der Waals surface area contributed by atoms with E-state index < -0.39 is 14.2 Å². The first-order valence-corrected chi connectivity index (χ1v) is 33.6. The number of benzene rings is 11. The lowest BCUT2D eigenvalue weighted by Gasteiger charge is -2.34. The van der Waals surface area contributed by atoms with E-state index in [0.717, 1.165) is 63.8 Å². The van der Waals surface area contributed by atoms with E-state index >= 15 is 0 Å². The fraction of sp³-hybridized carbons (Fsp3) is 0.392. The topological polar surface area (TPSA) is 127 Å². The van der Waals surface area contributed by atoms with Crippen molar-refractivity contribution in [2.75, 3.05) is 27.4 Å². The van der Waals surface area contributed by atoms with Gasteiger partial charge < -0.3 is 43.5 Å². The number of rotatable bonds is 23. The van der Waals surface area contributed by atoms with Crippen LogP contribution in [0.3, 0.4) is 0 Å². The van der Waals surface area contributed by atoms with Crippen LogP contribution in [0.25, 0.3) is 86.5 Å². The molecule has 0 spiro atoms. The maximum atomic E-state index is 9.92. The first-order valence-electron chi connectivity index (χ1n) is 33.6. The van der Waals surface area contributed by atoms with Gasteiger partial charge in [-0.3, -0.25) is 0 Å². The highest BCUT2D eigenvalue weighted by molar-refractivity contribution is 6.66. The van der Waals surface area contributed by atoms with Gasteiger partial charge in [0.25, 0.3) is 0 Å². The molecule has 0 atom stereocenters. The highest BCUT2D eigenvalue weighted by Crippen LogP contribution is 2.57. The third-order valence-electron chi connectivity index (χ3n) is 20.5. The van der Waals surface area contributed by atoms with Crippen LogP contribution in [0, 0.1) is 10.8 Å². The average Bonchev–Trinajstić information content (AvgIpc) is 1.48. The first kappa shape index (κ1) is 67.1. The summed E-state index contributed by atoms with van der Waals surface area (Å²) >= 11 is 0. The predicted molar refractivity (Wildman–Crippen MR) is 389 cm³/mol. The molecule has 2 aliphatic rings. The van der Waals surface area contributed by atoms with Gasteiger partial charge in [0.05, 0.1) is 11.2 Å². The third kappa shape index (κ3) is 13.1. The minimum absolute atomic E-state index is 0.00702. The smallest absolute Gasteiger partial charge is 0.429 e. The largest absolute Gasteiger partial charge is 0.495 e. The molecule has 0 bridgehead atoms. The maximum absolute atomic E-state index is 9.92. The molecule has 1 aliphatic heterocycles. The van der Waals surface area contributed by atoms with Gasteiger partial charge in [0.2, 0.25) is 0 Å². The molecule has 1 fully saturated rings. The number of hydrogen-bond donors (Lipinski definition) is 4.